The van der Waals surface area contributed by atoms with Crippen molar-refractivity contribution in [3.05, 3.63) is 46.8 Å². The standard InChI is InChI=1S/C13H14F2N2O2S2/c1-2-16-8-9-6-7-12(20-9)21(18,19)17-11-5-3-4-10(14)13(11)15/h3-7,16-17H,2,8H2,1H3. The number of thiophene rings is 1. The highest BCUT2D eigenvalue weighted by Crippen LogP contribution is 2.25. The number of halogens is 2. The number of anilines is 1. The molecule has 0 aliphatic rings. The molecule has 1 heterocycles. The van der Waals surface area contributed by atoms with Gasteiger partial charge < -0.3 is 5.32 Å². The normalized spacial score (nSPS) is 11.6. The van der Waals surface area contributed by atoms with Crippen LogP contribution in [0.1, 0.15) is 11.8 Å². The number of rotatable bonds is 6. The highest BCUT2D eigenvalue weighted by atomic mass is 32.2. The molecule has 0 aliphatic carbocycles. The summed E-state index contributed by atoms with van der Waals surface area (Å²) in [7, 11) is -3.92. The lowest BCUT2D eigenvalue weighted by Crippen LogP contribution is -2.13. The Hall–Kier alpha value is -1.51. The molecule has 0 fully saturated rings. The van der Waals surface area contributed by atoms with Crippen LogP contribution in [-0.4, -0.2) is 15.0 Å². The van der Waals surface area contributed by atoms with Gasteiger partial charge >= 0.3 is 0 Å². The summed E-state index contributed by atoms with van der Waals surface area (Å²) in [6, 6.07) is 6.46. The van der Waals surface area contributed by atoms with E-state index >= 15 is 0 Å². The summed E-state index contributed by atoms with van der Waals surface area (Å²) in [4.78, 5) is 0.844. The van der Waals surface area contributed by atoms with Crippen molar-refractivity contribution in [3.63, 3.8) is 0 Å². The first-order valence-corrected chi connectivity index (χ1v) is 8.50. The maximum absolute atomic E-state index is 13.5. The van der Waals surface area contributed by atoms with Gasteiger partial charge in [-0.05, 0) is 30.8 Å². The lowest BCUT2D eigenvalue weighted by Gasteiger charge is -2.07. The van der Waals surface area contributed by atoms with Crippen molar-refractivity contribution in [2.45, 2.75) is 17.7 Å². The molecule has 0 amide bonds. The zero-order valence-electron chi connectivity index (χ0n) is 11.2. The molecule has 21 heavy (non-hydrogen) atoms. The van der Waals surface area contributed by atoms with Crippen LogP contribution in [0.4, 0.5) is 14.5 Å². The first-order chi connectivity index (χ1) is 9.94. The maximum Gasteiger partial charge on any atom is 0.271 e. The van der Waals surface area contributed by atoms with E-state index < -0.39 is 27.3 Å². The van der Waals surface area contributed by atoms with Crippen molar-refractivity contribution in [1.82, 2.24) is 5.32 Å². The molecule has 4 nitrogen and oxygen atoms in total. The molecule has 0 bridgehead atoms. The maximum atomic E-state index is 13.5. The van der Waals surface area contributed by atoms with E-state index in [1.165, 1.54) is 18.2 Å². The van der Waals surface area contributed by atoms with Crippen molar-refractivity contribution in [2.24, 2.45) is 0 Å². The molecule has 0 radical (unpaired) electrons. The van der Waals surface area contributed by atoms with Crippen LogP contribution in [0.3, 0.4) is 0 Å². The minimum atomic E-state index is -3.92. The third-order valence-electron chi connectivity index (χ3n) is 2.65. The van der Waals surface area contributed by atoms with Gasteiger partial charge in [-0.1, -0.05) is 13.0 Å². The van der Waals surface area contributed by atoms with Gasteiger partial charge in [-0.25, -0.2) is 17.2 Å². The molecule has 8 heteroatoms. The third-order valence-corrected chi connectivity index (χ3v) is 5.59. The fourth-order valence-corrected chi connectivity index (χ4v) is 4.01. The van der Waals surface area contributed by atoms with Gasteiger partial charge in [0.15, 0.2) is 11.6 Å². The summed E-state index contributed by atoms with van der Waals surface area (Å²) < 4.78 is 53.0. The summed E-state index contributed by atoms with van der Waals surface area (Å²) in [5.41, 5.74) is -0.406. The first kappa shape index (κ1) is 15.9. The monoisotopic (exact) mass is 332 g/mol. The quantitative estimate of drug-likeness (QED) is 0.855. The first-order valence-electron chi connectivity index (χ1n) is 6.20. The lowest BCUT2D eigenvalue weighted by atomic mass is 10.3. The minimum absolute atomic E-state index is 0.0547. The second-order valence-electron chi connectivity index (χ2n) is 4.21. The van der Waals surface area contributed by atoms with E-state index in [0.717, 1.165) is 28.8 Å². The van der Waals surface area contributed by atoms with Gasteiger partial charge in [0, 0.05) is 11.4 Å². The number of sulfonamides is 1. The van der Waals surface area contributed by atoms with Crippen LogP contribution in [0.25, 0.3) is 0 Å². The van der Waals surface area contributed by atoms with E-state index in [2.05, 4.69) is 10.0 Å². The molecule has 2 aromatic rings. The Labute approximate surface area is 125 Å². The molecular weight excluding hydrogens is 318 g/mol. The largest absolute Gasteiger partial charge is 0.312 e. The van der Waals surface area contributed by atoms with Crippen molar-refractivity contribution < 1.29 is 17.2 Å². The fourth-order valence-electron chi connectivity index (χ4n) is 1.62. The Morgan fingerprint density at radius 3 is 2.67 bits per heavy atom. The topological polar surface area (TPSA) is 58.2 Å². The van der Waals surface area contributed by atoms with Crippen LogP contribution < -0.4 is 10.0 Å². The Morgan fingerprint density at radius 2 is 1.95 bits per heavy atom. The van der Waals surface area contributed by atoms with Gasteiger partial charge in [-0.15, -0.1) is 11.3 Å². The molecule has 1 aromatic heterocycles. The van der Waals surface area contributed by atoms with Crippen molar-refractivity contribution in [2.75, 3.05) is 11.3 Å². The Balaban J connectivity index is 2.22. The van der Waals surface area contributed by atoms with E-state index in [1.54, 1.807) is 6.07 Å². The fraction of sp³-hybridized carbons (Fsp3) is 0.231. The van der Waals surface area contributed by atoms with Crippen LogP contribution in [0.15, 0.2) is 34.5 Å². The average molecular weight is 332 g/mol. The van der Waals surface area contributed by atoms with Crippen molar-refractivity contribution in [1.29, 1.82) is 0 Å². The summed E-state index contributed by atoms with van der Waals surface area (Å²) in [6.07, 6.45) is 0. The predicted octanol–water partition coefficient (Wildman–Crippen LogP) is 2.94. The second kappa shape index (κ2) is 6.50. The van der Waals surface area contributed by atoms with Gasteiger partial charge in [-0.3, -0.25) is 4.72 Å². The molecule has 2 N–H and O–H groups in total. The molecule has 0 saturated heterocycles. The molecule has 0 spiro atoms. The summed E-state index contributed by atoms with van der Waals surface area (Å²) >= 11 is 1.08. The molecule has 0 saturated carbocycles. The van der Waals surface area contributed by atoms with Crippen LogP contribution in [0, 0.1) is 11.6 Å². The molecule has 1 aromatic carbocycles. The number of nitrogens with one attached hydrogen (secondary N) is 2. The molecule has 2 rings (SSSR count). The molecule has 114 valence electrons. The molecule has 0 unspecified atom stereocenters. The summed E-state index contributed by atoms with van der Waals surface area (Å²) in [6.45, 7) is 3.28. The average Bonchev–Trinajstić information content (AvgIpc) is 2.91. The van der Waals surface area contributed by atoms with Crippen LogP contribution in [-0.2, 0) is 16.6 Å². The Kier molecular flexibility index (Phi) is 4.92. The number of hydrogen-bond acceptors (Lipinski definition) is 4. The van der Waals surface area contributed by atoms with E-state index in [-0.39, 0.29) is 4.21 Å². The van der Waals surface area contributed by atoms with E-state index in [4.69, 9.17) is 0 Å². The summed E-state index contributed by atoms with van der Waals surface area (Å²) in [5.74, 6) is -2.32. The highest BCUT2D eigenvalue weighted by Gasteiger charge is 2.19. The van der Waals surface area contributed by atoms with Crippen LogP contribution in [0.5, 0.6) is 0 Å². The van der Waals surface area contributed by atoms with Gasteiger partial charge in [0.1, 0.15) is 4.21 Å². The van der Waals surface area contributed by atoms with Crippen LogP contribution >= 0.6 is 11.3 Å². The second-order valence-corrected chi connectivity index (χ2v) is 7.29. The molecule has 0 aliphatic heterocycles. The van der Waals surface area contributed by atoms with Gasteiger partial charge in [0.25, 0.3) is 10.0 Å². The number of hydrogen-bond donors (Lipinski definition) is 2. The van der Waals surface area contributed by atoms with Gasteiger partial charge in [0.2, 0.25) is 0 Å². The van der Waals surface area contributed by atoms with E-state index in [0.29, 0.717) is 6.54 Å². The molecular formula is C13H14F2N2O2S2. The Morgan fingerprint density at radius 1 is 1.19 bits per heavy atom. The summed E-state index contributed by atoms with van der Waals surface area (Å²) in [5, 5.41) is 3.08. The van der Waals surface area contributed by atoms with Crippen molar-refractivity contribution >= 4 is 27.0 Å². The smallest absolute Gasteiger partial charge is 0.271 e. The zero-order valence-corrected chi connectivity index (χ0v) is 12.8. The van der Waals surface area contributed by atoms with Crippen LogP contribution in [0.2, 0.25) is 0 Å². The van der Waals surface area contributed by atoms with E-state index in [9.17, 15) is 17.2 Å². The minimum Gasteiger partial charge on any atom is -0.312 e. The molecule has 0 atom stereocenters. The van der Waals surface area contributed by atoms with Crippen molar-refractivity contribution in [3.8, 4) is 0 Å². The highest BCUT2D eigenvalue weighted by molar-refractivity contribution is 7.94. The zero-order chi connectivity index (χ0) is 15.5. The third kappa shape index (κ3) is 3.78. The Bertz CT molecular complexity index is 730. The lowest BCUT2D eigenvalue weighted by molar-refractivity contribution is 0.511. The number of benzene rings is 1. The predicted molar refractivity (Wildman–Crippen MR) is 78.9 cm³/mol. The SMILES string of the molecule is CCNCc1ccc(S(=O)(=O)Nc2cccc(F)c2F)s1. The van der Waals surface area contributed by atoms with E-state index in [1.807, 2.05) is 6.92 Å². The van der Waals surface area contributed by atoms with Gasteiger partial charge in [-0.2, -0.15) is 0 Å². The van der Waals surface area contributed by atoms with Gasteiger partial charge in [0.05, 0.1) is 5.69 Å².